The summed E-state index contributed by atoms with van der Waals surface area (Å²) in [5, 5.41) is 12.1. The van der Waals surface area contributed by atoms with Crippen LogP contribution in [0.3, 0.4) is 0 Å². The van der Waals surface area contributed by atoms with Crippen LogP contribution in [0.4, 0.5) is 0 Å². The molecule has 0 bridgehead atoms. The maximum Gasteiger partial charge on any atom is 0.326 e. The van der Waals surface area contributed by atoms with Crippen molar-refractivity contribution in [1.82, 2.24) is 14.9 Å². The predicted molar refractivity (Wildman–Crippen MR) is 79.5 cm³/mol. The third kappa shape index (κ3) is 2.42. The van der Waals surface area contributed by atoms with Crippen molar-refractivity contribution in [3.63, 3.8) is 0 Å². The Morgan fingerprint density at radius 3 is 2.95 bits per heavy atom. The fourth-order valence-electron chi connectivity index (χ4n) is 2.32. The second-order valence-electron chi connectivity index (χ2n) is 4.95. The SMILES string of the molecule is Cn1c(=O)[nH]c2cc(C(=O)NC(CO)c3ccco3)ccc21. The molecule has 1 unspecified atom stereocenters. The fraction of sp³-hybridized carbons (Fsp3) is 0.200. The topological polar surface area (TPSA) is 100 Å². The summed E-state index contributed by atoms with van der Waals surface area (Å²) in [7, 11) is 1.65. The number of hydrogen-bond donors (Lipinski definition) is 3. The third-order valence-corrected chi connectivity index (χ3v) is 3.54. The molecule has 3 aromatic rings. The van der Waals surface area contributed by atoms with Gasteiger partial charge < -0.3 is 19.8 Å². The van der Waals surface area contributed by atoms with Gasteiger partial charge in [0, 0.05) is 12.6 Å². The van der Waals surface area contributed by atoms with Crippen molar-refractivity contribution in [2.75, 3.05) is 6.61 Å². The van der Waals surface area contributed by atoms with Gasteiger partial charge in [-0.1, -0.05) is 0 Å². The summed E-state index contributed by atoms with van der Waals surface area (Å²) in [6.45, 7) is -0.274. The zero-order valence-corrected chi connectivity index (χ0v) is 11.9. The number of aromatic nitrogens is 2. The number of aromatic amines is 1. The Morgan fingerprint density at radius 1 is 1.45 bits per heavy atom. The first-order valence-electron chi connectivity index (χ1n) is 6.74. The average molecular weight is 301 g/mol. The Balaban J connectivity index is 1.87. The van der Waals surface area contributed by atoms with Gasteiger partial charge in [0.1, 0.15) is 11.8 Å². The fourth-order valence-corrected chi connectivity index (χ4v) is 2.32. The molecule has 3 rings (SSSR count). The Kier molecular flexibility index (Phi) is 3.56. The number of amides is 1. The molecule has 0 aliphatic heterocycles. The third-order valence-electron chi connectivity index (χ3n) is 3.54. The van der Waals surface area contributed by atoms with Crippen LogP contribution in [-0.4, -0.2) is 27.2 Å². The molecular formula is C15H15N3O4. The van der Waals surface area contributed by atoms with E-state index in [0.717, 1.165) is 0 Å². The first-order valence-corrected chi connectivity index (χ1v) is 6.74. The number of furan rings is 1. The summed E-state index contributed by atoms with van der Waals surface area (Å²) in [5.74, 6) is 0.118. The molecule has 1 amide bonds. The number of imidazole rings is 1. The molecule has 2 heterocycles. The molecule has 0 saturated heterocycles. The van der Waals surface area contributed by atoms with Gasteiger partial charge in [0.05, 0.1) is 23.9 Å². The van der Waals surface area contributed by atoms with Crippen LogP contribution in [0.5, 0.6) is 0 Å². The van der Waals surface area contributed by atoms with Gasteiger partial charge in [-0.15, -0.1) is 0 Å². The lowest BCUT2D eigenvalue weighted by Gasteiger charge is -2.13. The van der Waals surface area contributed by atoms with Crippen LogP contribution in [-0.2, 0) is 7.05 Å². The molecule has 1 atom stereocenters. The van der Waals surface area contributed by atoms with Crippen molar-refractivity contribution < 1.29 is 14.3 Å². The second kappa shape index (κ2) is 5.53. The van der Waals surface area contributed by atoms with E-state index in [4.69, 9.17) is 4.42 Å². The molecule has 114 valence electrons. The molecule has 7 heteroatoms. The summed E-state index contributed by atoms with van der Waals surface area (Å²) >= 11 is 0. The van der Waals surface area contributed by atoms with Gasteiger partial charge >= 0.3 is 5.69 Å². The largest absolute Gasteiger partial charge is 0.467 e. The molecule has 3 N–H and O–H groups in total. The van der Waals surface area contributed by atoms with E-state index in [2.05, 4.69) is 10.3 Å². The molecule has 1 aromatic carbocycles. The van der Waals surface area contributed by atoms with Crippen LogP contribution >= 0.6 is 0 Å². The molecule has 2 aromatic heterocycles. The highest BCUT2D eigenvalue weighted by molar-refractivity contribution is 5.97. The zero-order chi connectivity index (χ0) is 15.7. The number of aliphatic hydroxyl groups is 1. The summed E-state index contributed by atoms with van der Waals surface area (Å²) in [5.41, 5.74) is 1.45. The minimum absolute atomic E-state index is 0.239. The number of aryl methyl sites for hydroxylation is 1. The number of rotatable bonds is 4. The second-order valence-corrected chi connectivity index (χ2v) is 4.95. The molecule has 0 spiro atoms. The highest BCUT2D eigenvalue weighted by Crippen LogP contribution is 2.16. The molecule has 0 aliphatic carbocycles. The van der Waals surface area contributed by atoms with Gasteiger partial charge in [-0.3, -0.25) is 9.36 Å². The number of nitrogens with zero attached hydrogens (tertiary/aromatic N) is 1. The summed E-state index contributed by atoms with van der Waals surface area (Å²) in [4.78, 5) is 26.5. The zero-order valence-electron chi connectivity index (χ0n) is 11.9. The van der Waals surface area contributed by atoms with Crippen LogP contribution in [0.2, 0.25) is 0 Å². The van der Waals surface area contributed by atoms with Crippen molar-refractivity contribution in [2.24, 2.45) is 7.05 Å². The smallest absolute Gasteiger partial charge is 0.326 e. The van der Waals surface area contributed by atoms with Crippen molar-refractivity contribution >= 4 is 16.9 Å². The lowest BCUT2D eigenvalue weighted by molar-refractivity contribution is 0.0907. The number of benzene rings is 1. The predicted octanol–water partition coefficient (Wildman–Crippen LogP) is 0.923. The van der Waals surface area contributed by atoms with E-state index < -0.39 is 6.04 Å². The lowest BCUT2D eigenvalue weighted by atomic mass is 10.1. The van der Waals surface area contributed by atoms with Gasteiger partial charge in [-0.2, -0.15) is 0 Å². The molecule has 0 aliphatic rings. The maximum absolute atomic E-state index is 12.3. The van der Waals surface area contributed by atoms with Gasteiger partial charge in [-0.25, -0.2) is 4.79 Å². The number of nitrogens with one attached hydrogen (secondary N) is 2. The van der Waals surface area contributed by atoms with Crippen molar-refractivity contribution in [3.8, 4) is 0 Å². The number of carbonyl (C=O) groups is 1. The number of fused-ring (bicyclic) bond motifs is 1. The van der Waals surface area contributed by atoms with Crippen LogP contribution < -0.4 is 11.0 Å². The molecule has 0 saturated carbocycles. The lowest BCUT2D eigenvalue weighted by Crippen LogP contribution is -2.30. The van der Waals surface area contributed by atoms with Crippen molar-refractivity contribution in [3.05, 3.63) is 58.4 Å². The van der Waals surface area contributed by atoms with E-state index in [1.807, 2.05) is 0 Å². The standard InChI is InChI=1S/C15H15N3O4/c1-18-12-5-4-9(7-10(12)17-15(18)21)14(20)16-11(8-19)13-3-2-6-22-13/h2-7,11,19H,8H2,1H3,(H,16,20)(H,17,21). The van der Waals surface area contributed by atoms with E-state index in [-0.39, 0.29) is 18.2 Å². The molecule has 0 fully saturated rings. The van der Waals surface area contributed by atoms with E-state index >= 15 is 0 Å². The van der Waals surface area contributed by atoms with Crippen molar-refractivity contribution in [1.29, 1.82) is 0 Å². The molecule has 22 heavy (non-hydrogen) atoms. The number of aliphatic hydroxyl groups excluding tert-OH is 1. The van der Waals surface area contributed by atoms with Crippen LogP contribution in [0, 0.1) is 0 Å². The van der Waals surface area contributed by atoms with Crippen molar-refractivity contribution in [2.45, 2.75) is 6.04 Å². The Morgan fingerprint density at radius 2 is 2.27 bits per heavy atom. The number of H-pyrrole nitrogens is 1. The summed E-state index contributed by atoms with van der Waals surface area (Å²) in [6, 6.07) is 7.67. The normalized spacial score (nSPS) is 12.5. The minimum Gasteiger partial charge on any atom is -0.467 e. The van der Waals surface area contributed by atoms with Crippen LogP contribution in [0.25, 0.3) is 11.0 Å². The molecule has 7 nitrogen and oxygen atoms in total. The molecular weight excluding hydrogens is 286 g/mol. The van der Waals surface area contributed by atoms with Crippen LogP contribution in [0.15, 0.2) is 45.8 Å². The first-order chi connectivity index (χ1) is 10.6. The van der Waals surface area contributed by atoms with Gasteiger partial charge in [-0.05, 0) is 30.3 Å². The summed E-state index contributed by atoms with van der Waals surface area (Å²) < 4.78 is 6.66. The van der Waals surface area contributed by atoms with Gasteiger partial charge in [0.15, 0.2) is 0 Å². The number of hydrogen-bond acceptors (Lipinski definition) is 4. The van der Waals surface area contributed by atoms with Gasteiger partial charge in [0.25, 0.3) is 5.91 Å². The minimum atomic E-state index is -0.618. The maximum atomic E-state index is 12.3. The highest BCUT2D eigenvalue weighted by Gasteiger charge is 2.17. The number of carbonyl (C=O) groups excluding carboxylic acids is 1. The Bertz CT molecular complexity index is 861. The van der Waals surface area contributed by atoms with Crippen LogP contribution in [0.1, 0.15) is 22.2 Å². The summed E-state index contributed by atoms with van der Waals surface area (Å²) in [6.07, 6.45) is 1.48. The first kappa shape index (κ1) is 14.2. The van der Waals surface area contributed by atoms with E-state index in [1.54, 1.807) is 37.4 Å². The highest BCUT2D eigenvalue weighted by atomic mass is 16.3. The monoisotopic (exact) mass is 301 g/mol. The van der Waals surface area contributed by atoms with E-state index in [0.29, 0.717) is 22.4 Å². The van der Waals surface area contributed by atoms with E-state index in [9.17, 15) is 14.7 Å². The molecule has 0 radical (unpaired) electrons. The Labute approximate surface area is 125 Å². The Hall–Kier alpha value is -2.80. The average Bonchev–Trinajstić information content (AvgIpc) is 3.14. The van der Waals surface area contributed by atoms with E-state index in [1.165, 1.54) is 10.8 Å². The van der Waals surface area contributed by atoms with Gasteiger partial charge in [0.2, 0.25) is 0 Å². The quantitative estimate of drug-likeness (QED) is 0.667.